The molecule has 0 saturated carbocycles. The van der Waals surface area contributed by atoms with Crippen LogP contribution in [-0.2, 0) is 11.2 Å². The van der Waals surface area contributed by atoms with E-state index in [1.807, 2.05) is 0 Å². The molecule has 0 atom stereocenters. The van der Waals surface area contributed by atoms with Gasteiger partial charge >= 0.3 is 0 Å². The molecule has 0 saturated heterocycles. The number of aryl methyl sites for hydroxylation is 1. The van der Waals surface area contributed by atoms with Crippen molar-refractivity contribution in [3.8, 4) is 0 Å². The number of rotatable bonds is 3. The minimum absolute atomic E-state index is 0.273. The van der Waals surface area contributed by atoms with Gasteiger partial charge in [-0.15, -0.1) is 0 Å². The van der Waals surface area contributed by atoms with E-state index < -0.39 is 0 Å². The average Bonchev–Trinajstić information content (AvgIpc) is 2.07. The SMILES string of the molecule is O=CCCc1ccc(F)c(Br)c1. The van der Waals surface area contributed by atoms with E-state index in [0.29, 0.717) is 17.3 Å². The Balaban J connectivity index is 2.75. The number of carbonyl (C=O) groups is 1. The molecular weight excluding hydrogens is 223 g/mol. The molecule has 0 fully saturated rings. The van der Waals surface area contributed by atoms with Crippen LogP contribution in [-0.4, -0.2) is 6.29 Å². The van der Waals surface area contributed by atoms with Gasteiger partial charge in [0.15, 0.2) is 0 Å². The van der Waals surface area contributed by atoms with Gasteiger partial charge in [0.25, 0.3) is 0 Å². The molecule has 0 aliphatic heterocycles. The summed E-state index contributed by atoms with van der Waals surface area (Å²) in [6.07, 6.45) is 2.01. The predicted molar refractivity (Wildman–Crippen MR) is 48.5 cm³/mol. The molecule has 0 spiro atoms. The first kappa shape index (κ1) is 9.39. The summed E-state index contributed by atoms with van der Waals surface area (Å²) >= 11 is 3.07. The van der Waals surface area contributed by atoms with Gasteiger partial charge in [-0.25, -0.2) is 4.39 Å². The fraction of sp³-hybridized carbons (Fsp3) is 0.222. The quantitative estimate of drug-likeness (QED) is 0.731. The van der Waals surface area contributed by atoms with Gasteiger partial charge in [-0.3, -0.25) is 0 Å². The van der Waals surface area contributed by atoms with Crippen molar-refractivity contribution in [1.29, 1.82) is 0 Å². The molecule has 0 heterocycles. The predicted octanol–water partition coefficient (Wildman–Crippen LogP) is 2.72. The zero-order valence-electron chi connectivity index (χ0n) is 6.39. The number of hydrogen-bond acceptors (Lipinski definition) is 1. The lowest BCUT2D eigenvalue weighted by molar-refractivity contribution is -0.107. The molecule has 0 unspecified atom stereocenters. The maximum Gasteiger partial charge on any atom is 0.137 e. The topological polar surface area (TPSA) is 17.1 Å². The molecule has 0 amide bonds. The molecular formula is C9H8BrFO. The highest BCUT2D eigenvalue weighted by molar-refractivity contribution is 9.10. The van der Waals surface area contributed by atoms with Crippen molar-refractivity contribution >= 4 is 22.2 Å². The first-order valence-electron chi connectivity index (χ1n) is 3.61. The first-order valence-corrected chi connectivity index (χ1v) is 4.41. The van der Waals surface area contributed by atoms with E-state index in [1.165, 1.54) is 6.07 Å². The van der Waals surface area contributed by atoms with Crippen molar-refractivity contribution in [2.75, 3.05) is 0 Å². The lowest BCUT2D eigenvalue weighted by Gasteiger charge is -1.98. The van der Waals surface area contributed by atoms with Gasteiger partial charge in [0, 0.05) is 6.42 Å². The van der Waals surface area contributed by atoms with Gasteiger partial charge in [0.1, 0.15) is 12.1 Å². The first-order chi connectivity index (χ1) is 5.74. The van der Waals surface area contributed by atoms with Crippen LogP contribution in [0.3, 0.4) is 0 Å². The highest BCUT2D eigenvalue weighted by atomic mass is 79.9. The molecule has 1 aromatic carbocycles. The molecule has 1 nitrogen and oxygen atoms in total. The van der Waals surface area contributed by atoms with Crippen LogP contribution in [0.2, 0.25) is 0 Å². The summed E-state index contributed by atoms with van der Waals surface area (Å²) in [4.78, 5) is 10.0. The van der Waals surface area contributed by atoms with Crippen molar-refractivity contribution in [2.45, 2.75) is 12.8 Å². The molecule has 3 heteroatoms. The molecule has 0 bridgehead atoms. The fourth-order valence-corrected chi connectivity index (χ4v) is 1.35. The van der Waals surface area contributed by atoms with Crippen LogP contribution in [0.25, 0.3) is 0 Å². The van der Waals surface area contributed by atoms with Crippen molar-refractivity contribution in [3.63, 3.8) is 0 Å². The Kier molecular flexibility index (Phi) is 3.41. The molecule has 0 radical (unpaired) electrons. The summed E-state index contributed by atoms with van der Waals surface area (Å²) in [5.74, 6) is -0.273. The molecule has 0 N–H and O–H groups in total. The second-order valence-corrected chi connectivity index (χ2v) is 3.31. The Morgan fingerprint density at radius 1 is 1.50 bits per heavy atom. The van der Waals surface area contributed by atoms with Crippen molar-refractivity contribution in [2.24, 2.45) is 0 Å². The van der Waals surface area contributed by atoms with Gasteiger partial charge in [-0.2, -0.15) is 0 Å². The second kappa shape index (κ2) is 4.36. The van der Waals surface area contributed by atoms with Crippen molar-refractivity contribution < 1.29 is 9.18 Å². The van der Waals surface area contributed by atoms with E-state index in [9.17, 15) is 9.18 Å². The van der Waals surface area contributed by atoms with Crippen LogP contribution in [0, 0.1) is 5.82 Å². The number of halogens is 2. The number of aldehydes is 1. The molecule has 64 valence electrons. The molecule has 12 heavy (non-hydrogen) atoms. The van der Waals surface area contributed by atoms with Crippen molar-refractivity contribution in [3.05, 3.63) is 34.1 Å². The summed E-state index contributed by atoms with van der Waals surface area (Å²) < 4.78 is 13.2. The molecule has 1 aromatic rings. The summed E-state index contributed by atoms with van der Waals surface area (Å²) in [6.45, 7) is 0. The molecule has 0 aliphatic carbocycles. The van der Waals surface area contributed by atoms with E-state index >= 15 is 0 Å². The van der Waals surface area contributed by atoms with Crippen LogP contribution in [0.5, 0.6) is 0 Å². The Bertz CT molecular complexity index is 286. The van der Waals surface area contributed by atoms with Crippen LogP contribution < -0.4 is 0 Å². The lowest BCUT2D eigenvalue weighted by atomic mass is 10.1. The Labute approximate surface area is 78.7 Å². The summed E-state index contributed by atoms with van der Waals surface area (Å²) in [6, 6.07) is 4.77. The third-order valence-electron chi connectivity index (χ3n) is 1.53. The van der Waals surface area contributed by atoms with E-state index in [2.05, 4.69) is 15.9 Å². The van der Waals surface area contributed by atoms with Crippen molar-refractivity contribution in [1.82, 2.24) is 0 Å². The molecule has 1 rings (SSSR count). The molecule has 0 aliphatic rings. The smallest absolute Gasteiger partial charge is 0.137 e. The van der Waals surface area contributed by atoms with E-state index in [1.54, 1.807) is 12.1 Å². The monoisotopic (exact) mass is 230 g/mol. The average molecular weight is 231 g/mol. The van der Waals surface area contributed by atoms with Gasteiger partial charge in [-0.05, 0) is 40.0 Å². The van der Waals surface area contributed by atoms with Gasteiger partial charge in [0.2, 0.25) is 0 Å². The number of benzene rings is 1. The third kappa shape index (κ3) is 2.41. The standard InChI is InChI=1S/C9H8BrFO/c10-8-6-7(2-1-5-12)3-4-9(8)11/h3-6H,1-2H2. The normalized spacial score (nSPS) is 9.83. The summed E-state index contributed by atoms with van der Waals surface area (Å²) in [7, 11) is 0. The number of carbonyl (C=O) groups excluding carboxylic acids is 1. The van der Waals surface area contributed by atoms with Gasteiger partial charge in [-0.1, -0.05) is 6.07 Å². The maximum absolute atomic E-state index is 12.7. The zero-order chi connectivity index (χ0) is 8.97. The van der Waals surface area contributed by atoms with Crippen LogP contribution >= 0.6 is 15.9 Å². The highest BCUT2D eigenvalue weighted by Crippen LogP contribution is 2.17. The van der Waals surface area contributed by atoms with E-state index in [0.717, 1.165) is 11.8 Å². The van der Waals surface area contributed by atoms with Gasteiger partial charge in [0.05, 0.1) is 4.47 Å². The van der Waals surface area contributed by atoms with Crippen LogP contribution in [0.1, 0.15) is 12.0 Å². The van der Waals surface area contributed by atoms with E-state index in [4.69, 9.17) is 0 Å². The third-order valence-corrected chi connectivity index (χ3v) is 2.14. The van der Waals surface area contributed by atoms with Gasteiger partial charge < -0.3 is 4.79 Å². The number of hydrogen-bond donors (Lipinski definition) is 0. The summed E-state index contributed by atoms with van der Waals surface area (Å²) in [5.41, 5.74) is 0.968. The van der Waals surface area contributed by atoms with E-state index in [-0.39, 0.29) is 5.82 Å². The Morgan fingerprint density at radius 3 is 2.83 bits per heavy atom. The fourth-order valence-electron chi connectivity index (χ4n) is 0.921. The van der Waals surface area contributed by atoms with Crippen LogP contribution in [0.4, 0.5) is 4.39 Å². The lowest BCUT2D eigenvalue weighted by Crippen LogP contribution is -1.87. The molecule has 0 aromatic heterocycles. The zero-order valence-corrected chi connectivity index (χ0v) is 7.97. The summed E-state index contributed by atoms with van der Waals surface area (Å²) in [5, 5.41) is 0. The minimum Gasteiger partial charge on any atom is -0.303 e. The minimum atomic E-state index is -0.273. The Morgan fingerprint density at radius 2 is 2.25 bits per heavy atom. The highest BCUT2D eigenvalue weighted by Gasteiger charge is 1.99. The Hall–Kier alpha value is -0.700. The second-order valence-electron chi connectivity index (χ2n) is 2.45. The maximum atomic E-state index is 12.7. The van der Waals surface area contributed by atoms with Crippen LogP contribution in [0.15, 0.2) is 22.7 Å². The largest absolute Gasteiger partial charge is 0.303 e.